The fourth-order valence-corrected chi connectivity index (χ4v) is 4.63. The maximum absolute atomic E-state index is 13.0. The number of nitrogens with two attached hydrogens (primary N) is 1. The lowest BCUT2D eigenvalue weighted by molar-refractivity contribution is -0.713. The van der Waals surface area contributed by atoms with Crippen molar-refractivity contribution in [2.24, 2.45) is 0 Å². The summed E-state index contributed by atoms with van der Waals surface area (Å²) in [5, 5.41) is 7.01. The first-order valence-corrected chi connectivity index (χ1v) is 9.03. The van der Waals surface area contributed by atoms with Crippen LogP contribution in [0.2, 0.25) is 5.02 Å². The summed E-state index contributed by atoms with van der Waals surface area (Å²) >= 11 is 9.73. The van der Waals surface area contributed by atoms with E-state index in [1.54, 1.807) is 0 Å². The minimum absolute atomic E-state index is 0.00852. The van der Waals surface area contributed by atoms with E-state index in [-0.39, 0.29) is 5.91 Å². The molecule has 2 aliphatic heterocycles. The number of benzene rings is 2. The molecule has 0 bridgehead atoms. The molecule has 1 atom stereocenters. The Morgan fingerprint density at radius 1 is 1.21 bits per heavy atom. The second kappa shape index (κ2) is 4.85. The van der Waals surface area contributed by atoms with Crippen LogP contribution in [0.15, 0.2) is 40.9 Å². The number of carbonyl (C=O) groups excluding carboxylic acids is 1. The molecule has 1 aromatic heterocycles. The fraction of sp³-hybridized carbons (Fsp3) is 0.167. The highest BCUT2D eigenvalue weighted by molar-refractivity contribution is 9.10. The van der Waals surface area contributed by atoms with Crippen molar-refractivity contribution in [3.05, 3.63) is 62.7 Å². The monoisotopic (exact) mass is 402 g/mol. The zero-order chi connectivity index (χ0) is 16.5. The second-order valence-electron chi connectivity index (χ2n) is 6.36. The Hall–Kier alpha value is -1.82. The lowest BCUT2D eigenvalue weighted by atomic mass is 9.82. The quantitative estimate of drug-likeness (QED) is 0.531. The number of halogens is 2. The van der Waals surface area contributed by atoms with E-state index in [2.05, 4.69) is 31.5 Å². The number of hydrogen-bond donors (Lipinski definition) is 3. The van der Waals surface area contributed by atoms with Gasteiger partial charge in [0.25, 0.3) is 5.91 Å². The van der Waals surface area contributed by atoms with Crippen molar-refractivity contribution in [2.45, 2.75) is 12.0 Å². The molecule has 24 heavy (non-hydrogen) atoms. The molecule has 4 N–H and O–H groups in total. The smallest absolute Gasteiger partial charge is 0.297 e. The third-order valence-electron chi connectivity index (χ3n) is 5.12. The molecule has 4 nitrogen and oxygen atoms in total. The van der Waals surface area contributed by atoms with Gasteiger partial charge in [-0.05, 0) is 42.0 Å². The standard InChI is InChI=1S/C18H13BrClN3O/c19-9-1-3-15-13(7-9)18(17(24)23-15)16-11(5-6-21-18)12-8-10(20)2-4-14(12)22-16/h1-4,7-8,21-22H,5-6H2,(H,23,24)/p+1/t18-/m1/s1. The van der Waals surface area contributed by atoms with Gasteiger partial charge in [0.15, 0.2) is 0 Å². The Morgan fingerprint density at radius 2 is 2.08 bits per heavy atom. The van der Waals surface area contributed by atoms with Crippen LogP contribution in [0, 0.1) is 0 Å². The SMILES string of the molecule is O=C1Nc2ccc(Br)cc2[C@]12[NH2+]CCc1c2[nH]c2ccc(Cl)cc12. The van der Waals surface area contributed by atoms with E-state index in [0.717, 1.165) is 45.3 Å². The molecule has 3 aromatic rings. The van der Waals surface area contributed by atoms with Gasteiger partial charge in [-0.1, -0.05) is 27.5 Å². The summed E-state index contributed by atoms with van der Waals surface area (Å²) in [6, 6.07) is 11.8. The van der Waals surface area contributed by atoms with Crippen LogP contribution >= 0.6 is 27.5 Å². The van der Waals surface area contributed by atoms with Crippen LogP contribution < -0.4 is 10.6 Å². The van der Waals surface area contributed by atoms with Gasteiger partial charge in [-0.3, -0.25) is 4.79 Å². The summed E-state index contributed by atoms with van der Waals surface area (Å²) in [5.74, 6) is 0.00852. The summed E-state index contributed by atoms with van der Waals surface area (Å²) in [7, 11) is 0. The molecule has 1 amide bonds. The molecule has 2 aliphatic rings. The van der Waals surface area contributed by atoms with Gasteiger partial charge in [0.1, 0.15) is 0 Å². The van der Waals surface area contributed by atoms with Crippen LogP contribution in [0.25, 0.3) is 10.9 Å². The van der Waals surface area contributed by atoms with E-state index < -0.39 is 5.54 Å². The van der Waals surface area contributed by atoms with E-state index in [1.807, 2.05) is 36.4 Å². The van der Waals surface area contributed by atoms with Gasteiger partial charge in [-0.25, -0.2) is 0 Å². The normalized spacial score (nSPS) is 21.8. The summed E-state index contributed by atoms with van der Waals surface area (Å²) < 4.78 is 0.969. The van der Waals surface area contributed by atoms with E-state index in [9.17, 15) is 4.79 Å². The Morgan fingerprint density at radius 3 is 2.96 bits per heavy atom. The number of anilines is 1. The van der Waals surface area contributed by atoms with Crippen molar-refractivity contribution >= 4 is 50.0 Å². The predicted octanol–water partition coefficient (Wildman–Crippen LogP) is 2.90. The molecule has 0 radical (unpaired) electrons. The average Bonchev–Trinajstić information content (AvgIpc) is 3.06. The molecule has 120 valence electrons. The zero-order valence-corrected chi connectivity index (χ0v) is 15.0. The Labute approximate surface area is 151 Å². The maximum atomic E-state index is 13.0. The summed E-state index contributed by atoms with van der Waals surface area (Å²) in [4.78, 5) is 16.5. The Balaban J connectivity index is 1.86. The van der Waals surface area contributed by atoms with Gasteiger partial charge < -0.3 is 15.6 Å². The summed E-state index contributed by atoms with van der Waals surface area (Å²) in [5.41, 5.74) is 4.32. The fourth-order valence-electron chi connectivity index (χ4n) is 4.10. The highest BCUT2D eigenvalue weighted by Crippen LogP contribution is 2.43. The molecule has 0 saturated heterocycles. The van der Waals surface area contributed by atoms with Gasteiger partial charge >= 0.3 is 0 Å². The van der Waals surface area contributed by atoms with Gasteiger partial charge in [-0.2, -0.15) is 0 Å². The highest BCUT2D eigenvalue weighted by Gasteiger charge is 2.56. The van der Waals surface area contributed by atoms with Gasteiger partial charge in [0.05, 0.1) is 23.5 Å². The number of aromatic amines is 1. The third-order valence-corrected chi connectivity index (χ3v) is 5.85. The molecule has 6 heteroatoms. The van der Waals surface area contributed by atoms with Crippen LogP contribution in [0.1, 0.15) is 16.8 Å². The number of rotatable bonds is 0. The molecule has 1 spiro atoms. The van der Waals surface area contributed by atoms with E-state index >= 15 is 0 Å². The molecule has 0 saturated carbocycles. The highest BCUT2D eigenvalue weighted by atomic mass is 79.9. The lowest BCUT2D eigenvalue weighted by Crippen LogP contribution is -2.98. The molecule has 5 rings (SSSR count). The molecule has 0 fully saturated rings. The van der Waals surface area contributed by atoms with Gasteiger partial charge in [-0.15, -0.1) is 0 Å². The first-order valence-electron chi connectivity index (χ1n) is 7.86. The van der Waals surface area contributed by atoms with Crippen molar-refractivity contribution in [1.29, 1.82) is 0 Å². The minimum Gasteiger partial charge on any atom is -0.352 e. The summed E-state index contributed by atoms with van der Waals surface area (Å²) in [6.07, 6.45) is 0.911. The van der Waals surface area contributed by atoms with Crippen LogP contribution in [0.4, 0.5) is 5.69 Å². The van der Waals surface area contributed by atoms with Crippen molar-refractivity contribution < 1.29 is 10.1 Å². The number of amides is 1. The predicted molar refractivity (Wildman–Crippen MR) is 97.4 cm³/mol. The van der Waals surface area contributed by atoms with Crippen LogP contribution in [0.3, 0.4) is 0 Å². The van der Waals surface area contributed by atoms with Gasteiger partial charge in [0, 0.05) is 26.8 Å². The van der Waals surface area contributed by atoms with Crippen LogP contribution in [-0.2, 0) is 16.8 Å². The average molecular weight is 404 g/mol. The van der Waals surface area contributed by atoms with Crippen LogP contribution in [0.5, 0.6) is 0 Å². The van der Waals surface area contributed by atoms with Gasteiger partial charge in [0.2, 0.25) is 5.54 Å². The Bertz CT molecular complexity index is 1030. The number of H-pyrrole nitrogens is 1. The molecule has 0 unspecified atom stereocenters. The van der Waals surface area contributed by atoms with Crippen molar-refractivity contribution in [3.8, 4) is 0 Å². The second-order valence-corrected chi connectivity index (χ2v) is 7.72. The number of aromatic nitrogens is 1. The van der Waals surface area contributed by atoms with E-state index in [4.69, 9.17) is 11.6 Å². The Kier molecular flexibility index (Phi) is 2.93. The minimum atomic E-state index is -0.752. The topological polar surface area (TPSA) is 61.5 Å². The van der Waals surface area contributed by atoms with Crippen LogP contribution in [-0.4, -0.2) is 17.4 Å². The zero-order valence-electron chi connectivity index (χ0n) is 12.6. The first kappa shape index (κ1) is 14.5. The van der Waals surface area contributed by atoms with E-state index in [1.165, 1.54) is 5.56 Å². The first-order chi connectivity index (χ1) is 11.6. The lowest BCUT2D eigenvalue weighted by Gasteiger charge is -2.29. The molecule has 0 aliphatic carbocycles. The maximum Gasteiger partial charge on any atom is 0.297 e. The number of fused-ring (bicyclic) bond motifs is 6. The molecule has 3 heterocycles. The molecular weight excluding hydrogens is 390 g/mol. The van der Waals surface area contributed by atoms with E-state index in [0.29, 0.717) is 5.02 Å². The van der Waals surface area contributed by atoms with Crippen molar-refractivity contribution in [2.75, 3.05) is 11.9 Å². The van der Waals surface area contributed by atoms with Crippen molar-refractivity contribution in [1.82, 2.24) is 4.98 Å². The number of quaternary nitrogens is 1. The van der Waals surface area contributed by atoms with Crippen molar-refractivity contribution in [3.63, 3.8) is 0 Å². The molecular formula is C18H14BrClN3O+. The number of carbonyl (C=O) groups is 1. The molecule has 2 aromatic carbocycles. The largest absolute Gasteiger partial charge is 0.352 e. The number of hydrogen-bond acceptors (Lipinski definition) is 1. The number of nitrogens with one attached hydrogen (secondary N) is 2. The summed E-state index contributed by atoms with van der Waals surface area (Å²) in [6.45, 7) is 0.853. The third kappa shape index (κ3) is 1.75.